The molecule has 1 aromatic heterocycles. The second kappa shape index (κ2) is 8.88. The molecular weight excluding hydrogens is 579 g/mol. The van der Waals surface area contributed by atoms with Crippen LogP contribution in [0.15, 0.2) is 127 Å². The maximum absolute atomic E-state index is 2.67. The van der Waals surface area contributed by atoms with Crippen LogP contribution >= 0.6 is 0 Å². The predicted octanol–water partition coefficient (Wildman–Crippen LogP) is 10.1. The number of aromatic nitrogens is 1. The lowest BCUT2D eigenvalue weighted by atomic mass is 9.43. The normalized spacial score (nSPS) is 14.8. The fraction of sp³-hybridized carbons (Fsp3) is 0.111. The molecule has 1 aliphatic carbocycles. The average Bonchev–Trinajstić information content (AvgIpc) is 3.57. The molecule has 0 N–H and O–H groups in total. The Hall–Kier alpha value is -5.54. The van der Waals surface area contributed by atoms with Gasteiger partial charge in [-0.2, -0.15) is 0 Å². The van der Waals surface area contributed by atoms with Gasteiger partial charge in [-0.15, -0.1) is 0 Å². The molecule has 8 aromatic rings. The van der Waals surface area contributed by atoms with E-state index in [4.69, 9.17) is 0 Å². The topological polar surface area (TPSA) is 8.17 Å². The summed E-state index contributed by atoms with van der Waals surface area (Å²) >= 11 is 0. The Morgan fingerprint density at radius 2 is 1.27 bits per heavy atom. The summed E-state index contributed by atoms with van der Waals surface area (Å²) < 4.78 is 2.58. The summed E-state index contributed by atoms with van der Waals surface area (Å²) in [6.45, 7) is 9.23. The van der Waals surface area contributed by atoms with Gasteiger partial charge in [0.1, 0.15) is 0 Å². The number of benzene rings is 7. The van der Waals surface area contributed by atoms with E-state index in [-0.39, 0.29) is 12.3 Å². The van der Waals surface area contributed by atoms with Gasteiger partial charge in [-0.05, 0) is 99.8 Å². The van der Waals surface area contributed by atoms with Crippen LogP contribution in [0.4, 0.5) is 11.4 Å². The van der Waals surface area contributed by atoms with Crippen LogP contribution in [-0.4, -0.2) is 11.4 Å². The van der Waals surface area contributed by atoms with E-state index in [0.29, 0.717) is 0 Å². The van der Waals surface area contributed by atoms with Crippen LogP contribution in [0.1, 0.15) is 36.1 Å². The van der Waals surface area contributed by atoms with E-state index < -0.39 is 0 Å². The Labute approximate surface area is 281 Å². The largest absolute Gasteiger partial charge is 0.376 e. The van der Waals surface area contributed by atoms with Crippen molar-refractivity contribution in [3.8, 4) is 27.9 Å². The highest BCUT2D eigenvalue weighted by atomic mass is 15.1. The van der Waals surface area contributed by atoms with Gasteiger partial charge in [0.25, 0.3) is 0 Å². The molecule has 226 valence electrons. The smallest absolute Gasteiger partial charge is 0.333 e. The van der Waals surface area contributed by atoms with Gasteiger partial charge in [0.15, 0.2) is 0 Å². The molecule has 0 amide bonds. The van der Waals surface area contributed by atoms with Crippen molar-refractivity contribution in [2.75, 3.05) is 4.81 Å². The maximum atomic E-state index is 2.67. The van der Waals surface area contributed by atoms with Crippen molar-refractivity contribution in [2.24, 2.45) is 0 Å². The molecule has 48 heavy (non-hydrogen) atoms. The molecule has 0 saturated heterocycles. The Morgan fingerprint density at radius 3 is 2.10 bits per heavy atom. The Bertz CT molecular complexity index is 2730. The number of nitrogens with zero attached hydrogens (tertiary/aromatic N) is 2. The van der Waals surface area contributed by atoms with E-state index >= 15 is 0 Å². The van der Waals surface area contributed by atoms with Gasteiger partial charge in [-0.25, -0.2) is 0 Å². The zero-order valence-corrected chi connectivity index (χ0v) is 27.6. The fourth-order valence-electron chi connectivity index (χ4n) is 9.55. The number of para-hydroxylation sites is 1. The lowest BCUT2D eigenvalue weighted by molar-refractivity contribution is 0.660. The van der Waals surface area contributed by atoms with Crippen LogP contribution < -0.4 is 15.7 Å². The van der Waals surface area contributed by atoms with Crippen LogP contribution in [0.5, 0.6) is 0 Å². The molecular formula is C45H33BN2. The van der Waals surface area contributed by atoms with Gasteiger partial charge in [0.05, 0.1) is 11.0 Å². The van der Waals surface area contributed by atoms with Crippen molar-refractivity contribution in [1.82, 2.24) is 4.57 Å². The molecule has 0 fully saturated rings. The number of fused-ring (bicyclic) bond motifs is 14. The maximum Gasteiger partial charge on any atom is 0.333 e. The molecule has 0 bridgehead atoms. The summed E-state index contributed by atoms with van der Waals surface area (Å²) in [5, 5.41) is 5.34. The third-order valence-corrected chi connectivity index (χ3v) is 11.7. The highest BCUT2D eigenvalue weighted by Crippen LogP contribution is 2.55. The van der Waals surface area contributed by atoms with Crippen molar-refractivity contribution in [2.45, 2.75) is 33.1 Å². The lowest BCUT2D eigenvalue weighted by Crippen LogP contribution is -2.60. The highest BCUT2D eigenvalue weighted by molar-refractivity contribution is 6.94. The van der Waals surface area contributed by atoms with Crippen LogP contribution in [0.2, 0.25) is 0 Å². The standard InChI is InChI=1S/C45H33BN2/c1-26-17-20-28(21-18-26)48-40-25-33-29-11-7-9-15-35(29)45(3,4)36(33)24-34(40)41-30-12-5-6-13-31(30)42-32-14-8-10-16-38(32)47-39-22-19-27(2)23-37(39)46(48)43(41)44(42)47/h5-25H,1-4H3. The second-order valence-corrected chi connectivity index (χ2v) is 14.7. The third-order valence-electron chi connectivity index (χ3n) is 11.7. The summed E-state index contributed by atoms with van der Waals surface area (Å²) in [6.07, 6.45) is 0. The molecule has 0 spiro atoms. The van der Waals surface area contributed by atoms with Crippen molar-refractivity contribution in [3.05, 3.63) is 150 Å². The van der Waals surface area contributed by atoms with Gasteiger partial charge in [-0.3, -0.25) is 0 Å². The van der Waals surface area contributed by atoms with Crippen LogP contribution in [0.3, 0.4) is 0 Å². The molecule has 0 unspecified atom stereocenters. The SMILES string of the molecule is Cc1ccc(N2B3c4cc(C)ccc4-n4c5ccccc5c5c6ccccc6c(c3c54)-c3cc4c(cc32)-c2ccccc2C4(C)C)cc1. The van der Waals surface area contributed by atoms with Crippen molar-refractivity contribution < 1.29 is 0 Å². The van der Waals surface area contributed by atoms with E-state index in [9.17, 15) is 0 Å². The van der Waals surface area contributed by atoms with E-state index in [1.807, 2.05) is 0 Å². The van der Waals surface area contributed by atoms with Gasteiger partial charge in [-0.1, -0.05) is 116 Å². The molecule has 3 heteroatoms. The number of hydrogen-bond acceptors (Lipinski definition) is 1. The van der Waals surface area contributed by atoms with Crippen LogP contribution in [-0.2, 0) is 5.41 Å². The average molecular weight is 613 g/mol. The molecule has 3 heterocycles. The molecule has 3 aliphatic rings. The van der Waals surface area contributed by atoms with Crippen LogP contribution in [0, 0.1) is 13.8 Å². The Balaban J connectivity index is 1.40. The monoisotopic (exact) mass is 612 g/mol. The predicted molar refractivity (Wildman–Crippen MR) is 204 cm³/mol. The summed E-state index contributed by atoms with van der Waals surface area (Å²) in [6, 6.07) is 48.6. The first kappa shape index (κ1) is 26.5. The molecule has 0 saturated carbocycles. The summed E-state index contributed by atoms with van der Waals surface area (Å²) in [5.74, 6) is 0. The Morgan fingerprint density at radius 1 is 0.562 bits per heavy atom. The van der Waals surface area contributed by atoms with Crippen molar-refractivity contribution in [1.29, 1.82) is 0 Å². The van der Waals surface area contributed by atoms with Gasteiger partial charge >= 0.3 is 6.85 Å². The fourth-order valence-corrected chi connectivity index (χ4v) is 9.55. The molecule has 0 radical (unpaired) electrons. The minimum atomic E-state index is -0.0950. The molecule has 11 rings (SSSR count). The minimum Gasteiger partial charge on any atom is -0.376 e. The Kier molecular flexibility index (Phi) is 4.90. The molecule has 2 aliphatic heterocycles. The van der Waals surface area contributed by atoms with E-state index in [0.717, 1.165) is 0 Å². The van der Waals surface area contributed by atoms with E-state index in [1.54, 1.807) is 0 Å². The quantitative estimate of drug-likeness (QED) is 0.168. The first-order valence-corrected chi connectivity index (χ1v) is 17.1. The number of hydrogen-bond donors (Lipinski definition) is 0. The lowest BCUT2D eigenvalue weighted by Gasteiger charge is -2.43. The first-order chi connectivity index (χ1) is 23.4. The summed E-state index contributed by atoms with van der Waals surface area (Å²) in [7, 11) is 0. The van der Waals surface area contributed by atoms with E-state index in [2.05, 4.69) is 164 Å². The third kappa shape index (κ3) is 3.11. The molecule has 2 nitrogen and oxygen atoms in total. The molecule has 7 aromatic carbocycles. The summed E-state index contributed by atoms with van der Waals surface area (Å²) in [5.41, 5.74) is 19.9. The van der Waals surface area contributed by atoms with Gasteiger partial charge < -0.3 is 9.38 Å². The van der Waals surface area contributed by atoms with Gasteiger partial charge in [0.2, 0.25) is 0 Å². The van der Waals surface area contributed by atoms with Gasteiger partial charge in [0, 0.05) is 38.8 Å². The first-order valence-electron chi connectivity index (χ1n) is 17.1. The van der Waals surface area contributed by atoms with Crippen molar-refractivity contribution >= 4 is 61.7 Å². The number of anilines is 2. The second-order valence-electron chi connectivity index (χ2n) is 14.7. The molecule has 0 atom stereocenters. The summed E-state index contributed by atoms with van der Waals surface area (Å²) in [4.78, 5) is 2.67. The minimum absolute atomic E-state index is 0.0109. The zero-order valence-electron chi connectivity index (χ0n) is 27.6. The van der Waals surface area contributed by atoms with Crippen molar-refractivity contribution in [3.63, 3.8) is 0 Å². The number of rotatable bonds is 1. The van der Waals surface area contributed by atoms with Crippen LogP contribution in [0.25, 0.3) is 60.5 Å². The van der Waals surface area contributed by atoms with E-state index in [1.165, 1.54) is 105 Å². The number of aryl methyl sites for hydroxylation is 2. The highest BCUT2D eigenvalue weighted by Gasteiger charge is 2.46. The zero-order chi connectivity index (χ0) is 32.1.